The van der Waals surface area contributed by atoms with E-state index in [1.54, 1.807) is 0 Å². The molecule has 13 heavy (non-hydrogen) atoms. The molecule has 0 amide bonds. The number of aromatic nitrogens is 3. The number of thioether (sulfide) groups is 2. The van der Waals surface area contributed by atoms with Crippen molar-refractivity contribution >= 4 is 46.0 Å². The van der Waals surface area contributed by atoms with Crippen molar-refractivity contribution in [2.75, 3.05) is 17.7 Å². The van der Waals surface area contributed by atoms with Gasteiger partial charge in [0.05, 0.1) is 0 Å². The zero-order valence-corrected chi connectivity index (χ0v) is 9.80. The van der Waals surface area contributed by atoms with Gasteiger partial charge in [0.2, 0.25) is 11.1 Å². The van der Waals surface area contributed by atoms with Crippen LogP contribution < -0.4 is 5.73 Å². The van der Waals surface area contributed by atoms with Crippen molar-refractivity contribution in [1.29, 1.82) is 0 Å². The number of nitrogens with zero attached hydrogens (tertiary/aromatic N) is 3. The Bertz CT molecular complexity index is 309. The predicted octanol–water partition coefficient (Wildman–Crippen LogP) is 1.47. The summed E-state index contributed by atoms with van der Waals surface area (Å²) in [5, 5.41) is 4.78. The number of hydrogen-bond acceptors (Lipinski definition) is 6. The topological polar surface area (TPSA) is 56.7 Å². The zero-order valence-electron chi connectivity index (χ0n) is 7.35. The van der Waals surface area contributed by atoms with E-state index >= 15 is 0 Å². The van der Waals surface area contributed by atoms with E-state index in [4.69, 9.17) is 18.0 Å². The van der Waals surface area contributed by atoms with Crippen LogP contribution in [0.15, 0.2) is 5.16 Å². The Labute approximate surface area is 90.7 Å². The fourth-order valence-electron chi connectivity index (χ4n) is 0.710. The molecule has 0 aliphatic heterocycles. The van der Waals surface area contributed by atoms with Gasteiger partial charge in [0.1, 0.15) is 0 Å². The Hall–Kier alpha value is -0.270. The van der Waals surface area contributed by atoms with Crippen LogP contribution >= 0.6 is 35.7 Å². The third-order valence-electron chi connectivity index (χ3n) is 1.24. The van der Waals surface area contributed by atoms with Crippen molar-refractivity contribution in [3.8, 4) is 0 Å². The van der Waals surface area contributed by atoms with Crippen molar-refractivity contribution in [1.82, 2.24) is 14.8 Å². The van der Waals surface area contributed by atoms with Crippen LogP contribution in [0.1, 0.15) is 6.92 Å². The highest BCUT2D eigenvalue weighted by atomic mass is 32.2. The highest BCUT2D eigenvalue weighted by Crippen LogP contribution is 2.14. The molecule has 0 aliphatic carbocycles. The maximum atomic E-state index is 5.62. The Morgan fingerprint density at radius 2 is 2.38 bits per heavy atom. The molecule has 1 heterocycles. The minimum Gasteiger partial charge on any atom is -0.368 e. The Morgan fingerprint density at radius 1 is 1.69 bits per heavy atom. The third kappa shape index (κ3) is 2.58. The molecule has 1 aromatic rings. The molecular weight excluding hydrogens is 224 g/mol. The quantitative estimate of drug-likeness (QED) is 0.618. The fourth-order valence-corrected chi connectivity index (χ4v) is 2.05. The first-order valence-electron chi connectivity index (χ1n) is 3.62. The molecule has 0 radical (unpaired) electrons. The smallest absolute Gasteiger partial charge is 0.225 e. The molecule has 2 N–H and O–H groups in total. The largest absolute Gasteiger partial charge is 0.368 e. The van der Waals surface area contributed by atoms with Crippen molar-refractivity contribution < 1.29 is 0 Å². The number of nitrogens with two attached hydrogens (primary N) is 1. The first kappa shape index (κ1) is 10.8. The summed E-state index contributed by atoms with van der Waals surface area (Å²) in [6, 6.07) is 0. The minimum atomic E-state index is 0.357. The lowest BCUT2D eigenvalue weighted by Gasteiger charge is -2.00. The van der Waals surface area contributed by atoms with Crippen LogP contribution in [0.2, 0.25) is 0 Å². The molecule has 0 unspecified atom stereocenters. The second kappa shape index (κ2) is 4.83. The molecule has 0 spiro atoms. The van der Waals surface area contributed by atoms with E-state index in [-0.39, 0.29) is 0 Å². The van der Waals surface area contributed by atoms with Gasteiger partial charge in [-0.1, -0.05) is 42.7 Å². The number of thiocarbonyl (C=S) groups is 1. The molecule has 1 rings (SSSR count). The van der Waals surface area contributed by atoms with Crippen molar-refractivity contribution in [3.63, 3.8) is 0 Å². The fraction of sp³-hybridized carbons (Fsp3) is 0.500. The summed E-state index contributed by atoms with van der Waals surface area (Å²) >= 11 is 8.07. The lowest BCUT2D eigenvalue weighted by atomic mass is 11.0. The highest BCUT2D eigenvalue weighted by Gasteiger charge is 2.09. The molecule has 0 atom stereocenters. The van der Waals surface area contributed by atoms with Gasteiger partial charge >= 0.3 is 0 Å². The van der Waals surface area contributed by atoms with Crippen LogP contribution in [0, 0.1) is 0 Å². The molecule has 0 fully saturated rings. The number of anilines is 1. The number of nitrogen functional groups attached to an aromatic ring is 1. The summed E-state index contributed by atoms with van der Waals surface area (Å²) in [4.78, 5) is 4.02. The average Bonchev–Trinajstić information content (AvgIpc) is 2.47. The highest BCUT2D eigenvalue weighted by molar-refractivity contribution is 8.23. The number of hydrogen-bond donors (Lipinski definition) is 1. The molecule has 4 nitrogen and oxygen atoms in total. The average molecular weight is 234 g/mol. The Kier molecular flexibility index (Phi) is 4.01. The van der Waals surface area contributed by atoms with Gasteiger partial charge in [-0.2, -0.15) is 9.67 Å². The van der Waals surface area contributed by atoms with Crippen molar-refractivity contribution in [3.05, 3.63) is 0 Å². The predicted molar refractivity (Wildman–Crippen MR) is 62.3 cm³/mol. The third-order valence-corrected chi connectivity index (χ3v) is 3.01. The van der Waals surface area contributed by atoms with E-state index in [9.17, 15) is 0 Å². The second-order valence-electron chi connectivity index (χ2n) is 2.07. The van der Waals surface area contributed by atoms with E-state index in [0.717, 1.165) is 5.75 Å². The molecule has 0 saturated heterocycles. The van der Waals surface area contributed by atoms with E-state index in [1.165, 1.54) is 28.2 Å². The van der Waals surface area contributed by atoms with Crippen LogP contribution in [0.4, 0.5) is 5.95 Å². The van der Waals surface area contributed by atoms with Gasteiger partial charge in [-0.25, -0.2) is 0 Å². The summed E-state index contributed by atoms with van der Waals surface area (Å²) < 4.78 is 2.14. The van der Waals surface area contributed by atoms with Crippen LogP contribution in [0.3, 0.4) is 0 Å². The summed E-state index contributed by atoms with van der Waals surface area (Å²) in [7, 11) is 0. The van der Waals surface area contributed by atoms with Gasteiger partial charge < -0.3 is 5.73 Å². The van der Waals surface area contributed by atoms with Crippen LogP contribution in [0.5, 0.6) is 0 Å². The maximum absolute atomic E-state index is 5.62. The molecule has 0 saturated carbocycles. The lowest BCUT2D eigenvalue weighted by molar-refractivity contribution is 0.902. The first-order chi connectivity index (χ1) is 6.19. The molecule has 72 valence electrons. The number of rotatable bonds is 2. The zero-order chi connectivity index (χ0) is 9.84. The van der Waals surface area contributed by atoms with Gasteiger partial charge in [-0.15, -0.1) is 5.10 Å². The molecule has 0 bridgehead atoms. The van der Waals surface area contributed by atoms with E-state index in [1.807, 2.05) is 13.2 Å². The molecule has 0 aliphatic rings. The van der Waals surface area contributed by atoms with Gasteiger partial charge in [0, 0.05) is 0 Å². The van der Waals surface area contributed by atoms with Gasteiger partial charge in [-0.05, 0) is 12.0 Å². The Morgan fingerprint density at radius 3 is 2.85 bits per heavy atom. The molecule has 7 heteroatoms. The molecule has 0 aromatic carbocycles. The van der Waals surface area contributed by atoms with E-state index in [0.29, 0.717) is 15.4 Å². The van der Waals surface area contributed by atoms with Gasteiger partial charge in [0.25, 0.3) is 0 Å². The summed E-state index contributed by atoms with van der Waals surface area (Å²) in [5.41, 5.74) is 5.62. The van der Waals surface area contributed by atoms with E-state index < -0.39 is 0 Å². The molecular formula is C6H10N4S3. The summed E-state index contributed by atoms with van der Waals surface area (Å²) in [5.74, 6) is 1.27. The van der Waals surface area contributed by atoms with Gasteiger partial charge in [0.15, 0.2) is 4.32 Å². The first-order valence-corrected chi connectivity index (χ1v) is 6.24. The molecule has 1 aromatic heterocycles. The van der Waals surface area contributed by atoms with Crippen molar-refractivity contribution in [2.24, 2.45) is 0 Å². The summed E-state index contributed by atoms with van der Waals surface area (Å²) in [6.07, 6.45) is 1.90. The van der Waals surface area contributed by atoms with Crippen LogP contribution in [-0.4, -0.2) is 31.1 Å². The van der Waals surface area contributed by atoms with Crippen LogP contribution in [-0.2, 0) is 0 Å². The van der Waals surface area contributed by atoms with Crippen LogP contribution in [0.25, 0.3) is 0 Å². The monoisotopic (exact) mass is 234 g/mol. The van der Waals surface area contributed by atoms with E-state index in [2.05, 4.69) is 10.1 Å². The van der Waals surface area contributed by atoms with Gasteiger partial charge in [-0.3, -0.25) is 0 Å². The standard InChI is InChI=1S/C6H10N4S3/c1-3-13-6(11)10-4(7)8-5(9-10)12-2/h3H2,1-2H3,(H2,7,8,9). The Balaban J connectivity index is 2.87. The minimum absolute atomic E-state index is 0.357. The SMILES string of the molecule is CCSC(=S)n1nc(SC)nc1N. The maximum Gasteiger partial charge on any atom is 0.225 e. The lowest BCUT2D eigenvalue weighted by Crippen LogP contribution is -2.10. The second-order valence-corrected chi connectivity index (χ2v) is 4.74. The summed E-state index contributed by atoms with van der Waals surface area (Å²) in [6.45, 7) is 2.03. The normalized spacial score (nSPS) is 10.3. The van der Waals surface area contributed by atoms with Crippen molar-refractivity contribution in [2.45, 2.75) is 12.1 Å².